The molecule has 1 heteroatoms. The van der Waals surface area contributed by atoms with Gasteiger partial charge in [0.25, 0.3) is 0 Å². The molecule has 1 aromatic rings. The van der Waals surface area contributed by atoms with Crippen molar-refractivity contribution in [2.45, 2.75) is 25.8 Å². The van der Waals surface area contributed by atoms with E-state index in [0.29, 0.717) is 0 Å². The summed E-state index contributed by atoms with van der Waals surface area (Å²) in [5.74, 6) is 0. The zero-order valence-corrected chi connectivity index (χ0v) is 7.96. The first-order valence-corrected chi connectivity index (χ1v) is 4.83. The van der Waals surface area contributed by atoms with Gasteiger partial charge in [-0.1, -0.05) is 30.4 Å². The first-order valence-electron chi connectivity index (χ1n) is 4.83. The van der Waals surface area contributed by atoms with Gasteiger partial charge in [0.05, 0.1) is 0 Å². The Morgan fingerprint density at radius 2 is 2.23 bits per heavy atom. The van der Waals surface area contributed by atoms with E-state index >= 15 is 0 Å². The second-order valence-corrected chi connectivity index (χ2v) is 3.65. The maximum atomic E-state index is 5.90. The summed E-state index contributed by atoms with van der Waals surface area (Å²) in [6, 6.07) is 6.57. The first kappa shape index (κ1) is 8.52. The molecular weight excluding hydrogens is 158 g/mol. The molecule has 0 spiro atoms. The molecule has 0 fully saturated rings. The highest BCUT2D eigenvalue weighted by atomic mass is 14.6. The lowest BCUT2D eigenvalue weighted by atomic mass is 9.91. The number of fused-ring (bicyclic) bond motifs is 1. The zero-order valence-electron chi connectivity index (χ0n) is 7.96. The van der Waals surface area contributed by atoms with Gasteiger partial charge in [-0.05, 0) is 36.5 Å². The van der Waals surface area contributed by atoms with Crippen LogP contribution in [0.25, 0.3) is 6.08 Å². The fourth-order valence-electron chi connectivity index (χ4n) is 1.89. The fourth-order valence-corrected chi connectivity index (χ4v) is 1.89. The molecule has 0 heterocycles. The van der Waals surface area contributed by atoms with Gasteiger partial charge in [-0.3, -0.25) is 0 Å². The van der Waals surface area contributed by atoms with Gasteiger partial charge in [-0.15, -0.1) is 0 Å². The Hall–Kier alpha value is -1.08. The van der Waals surface area contributed by atoms with Crippen molar-refractivity contribution in [3.63, 3.8) is 0 Å². The highest BCUT2D eigenvalue weighted by Crippen LogP contribution is 2.25. The summed E-state index contributed by atoms with van der Waals surface area (Å²) in [6.07, 6.45) is 6.76. The van der Waals surface area contributed by atoms with Crippen LogP contribution in [0.2, 0.25) is 0 Å². The number of hydrogen-bond donors (Lipinski definition) is 1. The van der Waals surface area contributed by atoms with Gasteiger partial charge >= 0.3 is 0 Å². The standard InChI is InChI=1S/C12H15N/c1-9(13)11-8-4-6-10-5-2-3-7-12(10)11/h3-4,6-9H,2,5,13H2,1H3/t9-/m1/s1. The van der Waals surface area contributed by atoms with Crippen LogP contribution in [0.1, 0.15) is 36.1 Å². The lowest BCUT2D eigenvalue weighted by molar-refractivity contribution is 0.809. The fraction of sp³-hybridized carbons (Fsp3) is 0.333. The third kappa shape index (κ3) is 1.52. The Kier molecular flexibility index (Phi) is 2.19. The van der Waals surface area contributed by atoms with E-state index in [9.17, 15) is 0 Å². The van der Waals surface area contributed by atoms with Crippen molar-refractivity contribution in [3.8, 4) is 0 Å². The molecule has 0 aliphatic heterocycles. The van der Waals surface area contributed by atoms with E-state index in [2.05, 4.69) is 30.4 Å². The number of rotatable bonds is 1. The predicted molar refractivity (Wildman–Crippen MR) is 56.4 cm³/mol. The van der Waals surface area contributed by atoms with Crippen LogP contribution in [0.4, 0.5) is 0 Å². The lowest BCUT2D eigenvalue weighted by Gasteiger charge is -2.16. The zero-order chi connectivity index (χ0) is 9.26. The van der Waals surface area contributed by atoms with Crippen molar-refractivity contribution in [1.82, 2.24) is 0 Å². The topological polar surface area (TPSA) is 26.0 Å². The summed E-state index contributed by atoms with van der Waals surface area (Å²) in [4.78, 5) is 0. The van der Waals surface area contributed by atoms with Crippen molar-refractivity contribution in [3.05, 3.63) is 41.0 Å². The molecular formula is C12H15N. The van der Waals surface area contributed by atoms with Crippen molar-refractivity contribution >= 4 is 6.08 Å². The molecule has 0 radical (unpaired) electrons. The molecule has 0 saturated carbocycles. The molecule has 0 bridgehead atoms. The van der Waals surface area contributed by atoms with Gasteiger partial charge in [0.1, 0.15) is 0 Å². The minimum absolute atomic E-state index is 0.137. The van der Waals surface area contributed by atoms with Crippen LogP contribution in [0.3, 0.4) is 0 Å². The molecule has 68 valence electrons. The van der Waals surface area contributed by atoms with Crippen LogP contribution in [0.15, 0.2) is 24.3 Å². The molecule has 13 heavy (non-hydrogen) atoms. The minimum Gasteiger partial charge on any atom is -0.324 e. The molecule has 2 N–H and O–H groups in total. The number of allylic oxidation sites excluding steroid dienone is 1. The average molecular weight is 173 g/mol. The maximum Gasteiger partial charge on any atom is 0.0272 e. The van der Waals surface area contributed by atoms with Gasteiger partial charge in [0.2, 0.25) is 0 Å². The van der Waals surface area contributed by atoms with Crippen LogP contribution in [0, 0.1) is 0 Å². The molecule has 2 rings (SSSR count). The normalized spacial score (nSPS) is 16.8. The summed E-state index contributed by atoms with van der Waals surface area (Å²) in [5, 5.41) is 0. The van der Waals surface area contributed by atoms with Gasteiger partial charge in [-0.2, -0.15) is 0 Å². The molecule has 0 amide bonds. The van der Waals surface area contributed by atoms with Gasteiger partial charge in [-0.25, -0.2) is 0 Å². The first-order chi connectivity index (χ1) is 6.29. The molecule has 1 aliphatic rings. The van der Waals surface area contributed by atoms with Crippen molar-refractivity contribution in [2.75, 3.05) is 0 Å². The van der Waals surface area contributed by atoms with Crippen LogP contribution in [-0.2, 0) is 6.42 Å². The van der Waals surface area contributed by atoms with Crippen molar-refractivity contribution < 1.29 is 0 Å². The largest absolute Gasteiger partial charge is 0.324 e. The second kappa shape index (κ2) is 3.35. The Balaban J connectivity index is 2.54. The number of nitrogens with two attached hydrogens (primary N) is 1. The maximum absolute atomic E-state index is 5.90. The third-order valence-electron chi connectivity index (χ3n) is 2.59. The summed E-state index contributed by atoms with van der Waals surface area (Å²) in [6.45, 7) is 2.04. The van der Waals surface area contributed by atoms with Crippen LogP contribution in [0.5, 0.6) is 0 Å². The predicted octanol–water partition coefficient (Wildman–Crippen LogP) is 2.67. The molecule has 0 unspecified atom stereocenters. The Morgan fingerprint density at radius 1 is 1.38 bits per heavy atom. The number of aryl methyl sites for hydroxylation is 1. The van der Waals surface area contributed by atoms with Gasteiger partial charge in [0.15, 0.2) is 0 Å². The number of benzene rings is 1. The molecule has 1 nitrogen and oxygen atoms in total. The average Bonchev–Trinajstić information content (AvgIpc) is 2.17. The monoisotopic (exact) mass is 173 g/mol. The van der Waals surface area contributed by atoms with E-state index in [1.165, 1.54) is 16.7 Å². The second-order valence-electron chi connectivity index (χ2n) is 3.65. The van der Waals surface area contributed by atoms with Gasteiger partial charge < -0.3 is 5.73 Å². The SMILES string of the molecule is C[C@@H](N)c1cccc2c1C=CCC2. The summed E-state index contributed by atoms with van der Waals surface area (Å²) >= 11 is 0. The summed E-state index contributed by atoms with van der Waals surface area (Å²) in [7, 11) is 0. The van der Waals surface area contributed by atoms with E-state index < -0.39 is 0 Å². The Morgan fingerprint density at radius 3 is 3.00 bits per heavy atom. The van der Waals surface area contributed by atoms with E-state index in [0.717, 1.165) is 12.8 Å². The Bertz CT molecular complexity index is 337. The van der Waals surface area contributed by atoms with E-state index in [4.69, 9.17) is 5.73 Å². The highest BCUT2D eigenvalue weighted by Gasteiger charge is 2.10. The molecule has 1 aromatic carbocycles. The Labute approximate surface area is 79.3 Å². The quantitative estimate of drug-likeness (QED) is 0.694. The third-order valence-corrected chi connectivity index (χ3v) is 2.59. The molecule has 0 aromatic heterocycles. The minimum atomic E-state index is 0.137. The van der Waals surface area contributed by atoms with Crippen LogP contribution >= 0.6 is 0 Å². The molecule has 1 aliphatic carbocycles. The van der Waals surface area contributed by atoms with Crippen LogP contribution in [-0.4, -0.2) is 0 Å². The lowest BCUT2D eigenvalue weighted by Crippen LogP contribution is -2.09. The van der Waals surface area contributed by atoms with Gasteiger partial charge in [0, 0.05) is 6.04 Å². The molecule has 1 atom stereocenters. The number of hydrogen-bond acceptors (Lipinski definition) is 1. The van der Waals surface area contributed by atoms with Crippen molar-refractivity contribution in [1.29, 1.82) is 0 Å². The summed E-state index contributed by atoms with van der Waals surface area (Å²) in [5.41, 5.74) is 9.97. The van der Waals surface area contributed by atoms with E-state index in [-0.39, 0.29) is 6.04 Å². The van der Waals surface area contributed by atoms with E-state index in [1.54, 1.807) is 0 Å². The van der Waals surface area contributed by atoms with E-state index in [1.807, 2.05) is 6.92 Å². The van der Waals surface area contributed by atoms with Crippen molar-refractivity contribution in [2.24, 2.45) is 5.73 Å². The van der Waals surface area contributed by atoms with Crippen LogP contribution < -0.4 is 5.73 Å². The smallest absolute Gasteiger partial charge is 0.0272 e. The molecule has 0 saturated heterocycles. The summed E-state index contributed by atoms with van der Waals surface area (Å²) < 4.78 is 0. The highest BCUT2D eigenvalue weighted by molar-refractivity contribution is 5.60.